The van der Waals surface area contributed by atoms with Crippen LogP contribution in [0.1, 0.15) is 5.56 Å². The lowest BCUT2D eigenvalue weighted by atomic mass is 10.2. The second-order valence-corrected chi connectivity index (χ2v) is 8.43. The van der Waals surface area contributed by atoms with Gasteiger partial charge in [0, 0.05) is 37.9 Å². The Labute approximate surface area is 189 Å². The molecule has 0 unspecified atom stereocenters. The first-order chi connectivity index (χ1) is 15.5. The smallest absolute Gasteiger partial charge is 0.234 e. The van der Waals surface area contributed by atoms with E-state index in [1.165, 1.54) is 36.3 Å². The molecular weight excluding hydrogens is 432 g/mol. The third-order valence-electron chi connectivity index (χ3n) is 5.24. The highest BCUT2D eigenvalue weighted by Gasteiger charge is 2.20. The first-order valence-corrected chi connectivity index (χ1v) is 11.2. The minimum absolute atomic E-state index is 0.175. The number of nitrogens with one attached hydrogen (secondary N) is 1. The number of hydrogen-bond donors (Lipinski definition) is 1. The molecule has 1 N–H and O–H groups in total. The Morgan fingerprint density at radius 3 is 2.53 bits per heavy atom. The molecule has 1 aliphatic heterocycles. The van der Waals surface area contributed by atoms with E-state index in [2.05, 4.69) is 20.2 Å². The van der Waals surface area contributed by atoms with Crippen LogP contribution in [-0.4, -0.2) is 47.8 Å². The van der Waals surface area contributed by atoms with Crippen molar-refractivity contribution in [2.45, 2.75) is 11.9 Å². The number of aromatic nitrogens is 2. The predicted octanol–water partition coefficient (Wildman–Crippen LogP) is 4.12. The van der Waals surface area contributed by atoms with Gasteiger partial charge in [-0.3, -0.25) is 4.79 Å². The van der Waals surface area contributed by atoms with Crippen LogP contribution in [0.25, 0.3) is 0 Å². The van der Waals surface area contributed by atoms with Crippen LogP contribution in [0.4, 0.5) is 26.0 Å². The minimum Gasteiger partial charge on any atom is -0.366 e. The molecule has 1 aromatic heterocycles. The van der Waals surface area contributed by atoms with E-state index >= 15 is 0 Å². The van der Waals surface area contributed by atoms with Crippen molar-refractivity contribution in [3.05, 3.63) is 72.1 Å². The van der Waals surface area contributed by atoms with Crippen molar-refractivity contribution in [3.63, 3.8) is 0 Å². The number of aryl methyl sites for hydroxylation is 1. The minimum atomic E-state index is -0.335. The highest BCUT2D eigenvalue weighted by atomic mass is 32.2. The van der Waals surface area contributed by atoms with Crippen molar-refractivity contribution >= 4 is 34.9 Å². The maximum absolute atomic E-state index is 14.0. The topological polar surface area (TPSA) is 61.4 Å². The fraction of sp³-hybridized carbons (Fsp3) is 0.261. The molecule has 9 heteroatoms. The Kier molecular flexibility index (Phi) is 6.84. The summed E-state index contributed by atoms with van der Waals surface area (Å²) in [5.74, 6) is 0.219. The van der Waals surface area contributed by atoms with E-state index in [-0.39, 0.29) is 23.3 Å². The molecule has 0 radical (unpaired) electrons. The molecule has 0 bridgehead atoms. The van der Waals surface area contributed by atoms with Gasteiger partial charge in [0.25, 0.3) is 0 Å². The van der Waals surface area contributed by atoms with Crippen molar-refractivity contribution < 1.29 is 13.6 Å². The van der Waals surface area contributed by atoms with Crippen molar-refractivity contribution in [2.24, 2.45) is 0 Å². The summed E-state index contributed by atoms with van der Waals surface area (Å²) in [6, 6.07) is 12.9. The maximum Gasteiger partial charge on any atom is 0.234 e. The number of carbonyl (C=O) groups excluding carboxylic acids is 1. The summed E-state index contributed by atoms with van der Waals surface area (Å²) in [6.45, 7) is 4.54. The summed E-state index contributed by atoms with van der Waals surface area (Å²) >= 11 is 1.31. The third kappa shape index (κ3) is 5.34. The van der Waals surface area contributed by atoms with Crippen LogP contribution in [0.3, 0.4) is 0 Å². The molecule has 0 atom stereocenters. The summed E-state index contributed by atoms with van der Waals surface area (Å²) in [7, 11) is 0. The number of anilines is 3. The van der Waals surface area contributed by atoms with Gasteiger partial charge in [-0.25, -0.2) is 18.7 Å². The normalized spacial score (nSPS) is 13.8. The van der Waals surface area contributed by atoms with Gasteiger partial charge in [-0.1, -0.05) is 23.9 Å². The lowest BCUT2D eigenvalue weighted by Crippen LogP contribution is -2.47. The van der Waals surface area contributed by atoms with Crippen LogP contribution >= 0.6 is 11.8 Å². The first kappa shape index (κ1) is 22.0. The number of halogens is 2. The molecule has 6 nitrogen and oxygen atoms in total. The highest BCUT2D eigenvalue weighted by molar-refractivity contribution is 7.99. The van der Waals surface area contributed by atoms with Gasteiger partial charge in [0.05, 0.1) is 11.4 Å². The van der Waals surface area contributed by atoms with E-state index in [4.69, 9.17) is 0 Å². The van der Waals surface area contributed by atoms with Gasteiger partial charge in [-0.15, -0.1) is 0 Å². The van der Waals surface area contributed by atoms with Gasteiger partial charge in [-0.2, -0.15) is 0 Å². The van der Waals surface area contributed by atoms with E-state index in [1.54, 1.807) is 25.1 Å². The second-order valence-electron chi connectivity index (χ2n) is 7.44. The number of nitrogens with zero attached hydrogens (tertiary/aromatic N) is 4. The molecule has 0 saturated carbocycles. The number of benzene rings is 2. The summed E-state index contributed by atoms with van der Waals surface area (Å²) in [6.07, 6.45) is 1.49. The predicted molar refractivity (Wildman–Crippen MR) is 123 cm³/mol. The lowest BCUT2D eigenvalue weighted by molar-refractivity contribution is -0.113. The van der Waals surface area contributed by atoms with Crippen LogP contribution in [0, 0.1) is 18.6 Å². The molecule has 1 amide bonds. The van der Waals surface area contributed by atoms with E-state index in [0.717, 1.165) is 5.82 Å². The lowest BCUT2D eigenvalue weighted by Gasteiger charge is -2.36. The van der Waals surface area contributed by atoms with E-state index < -0.39 is 0 Å². The Hall–Kier alpha value is -3.20. The molecule has 3 aromatic rings. The standard InChI is InChI=1S/C23H23F2N5OS/c1-16-12-17(24)6-7-19(16)28-22(31)14-32-23-13-21(26-15-27-23)30-10-8-29(9-11-30)20-5-3-2-4-18(20)25/h2-7,12-13,15H,8-11,14H2,1H3,(H,28,31). The summed E-state index contributed by atoms with van der Waals surface area (Å²) in [5, 5.41) is 3.49. The average Bonchev–Trinajstić information content (AvgIpc) is 2.80. The van der Waals surface area contributed by atoms with Crippen molar-refractivity contribution in [3.8, 4) is 0 Å². The zero-order valence-electron chi connectivity index (χ0n) is 17.6. The number of amides is 1. The van der Waals surface area contributed by atoms with Gasteiger partial charge in [0.2, 0.25) is 5.91 Å². The number of thioether (sulfide) groups is 1. The van der Waals surface area contributed by atoms with Gasteiger partial charge in [-0.05, 0) is 42.8 Å². The molecule has 2 heterocycles. The molecule has 1 aliphatic rings. The van der Waals surface area contributed by atoms with Crippen molar-refractivity contribution in [1.82, 2.24) is 9.97 Å². The second kappa shape index (κ2) is 9.95. The first-order valence-electron chi connectivity index (χ1n) is 10.2. The van der Waals surface area contributed by atoms with Crippen LogP contribution < -0.4 is 15.1 Å². The number of carbonyl (C=O) groups is 1. The van der Waals surface area contributed by atoms with E-state index in [9.17, 15) is 13.6 Å². The quantitative estimate of drug-likeness (QED) is 0.446. The molecule has 2 aromatic carbocycles. The Morgan fingerprint density at radius 2 is 1.78 bits per heavy atom. The van der Waals surface area contributed by atoms with E-state index in [1.807, 2.05) is 17.0 Å². The zero-order valence-corrected chi connectivity index (χ0v) is 18.4. The van der Waals surface area contributed by atoms with Crippen LogP contribution in [0.15, 0.2) is 59.9 Å². The Balaban J connectivity index is 1.32. The van der Waals surface area contributed by atoms with Gasteiger partial charge >= 0.3 is 0 Å². The fourth-order valence-electron chi connectivity index (χ4n) is 3.56. The van der Waals surface area contributed by atoms with Crippen LogP contribution in [0.5, 0.6) is 0 Å². The van der Waals surface area contributed by atoms with Gasteiger partial charge < -0.3 is 15.1 Å². The summed E-state index contributed by atoms with van der Waals surface area (Å²) < 4.78 is 27.3. The molecular formula is C23H23F2N5OS. The highest BCUT2D eigenvalue weighted by Crippen LogP contribution is 2.24. The Morgan fingerprint density at radius 1 is 1.03 bits per heavy atom. The SMILES string of the molecule is Cc1cc(F)ccc1NC(=O)CSc1cc(N2CCN(c3ccccc3F)CC2)ncn1. The van der Waals surface area contributed by atoms with Gasteiger partial charge in [0.1, 0.15) is 28.8 Å². The zero-order chi connectivity index (χ0) is 22.5. The summed E-state index contributed by atoms with van der Waals surface area (Å²) in [4.78, 5) is 25.1. The maximum atomic E-state index is 14.0. The van der Waals surface area contributed by atoms with Crippen LogP contribution in [0.2, 0.25) is 0 Å². The fourth-order valence-corrected chi connectivity index (χ4v) is 4.22. The van der Waals surface area contributed by atoms with Crippen molar-refractivity contribution in [2.75, 3.05) is 47.0 Å². The number of para-hydroxylation sites is 1. The number of rotatable bonds is 6. The third-order valence-corrected chi connectivity index (χ3v) is 6.16. The van der Waals surface area contributed by atoms with Crippen molar-refractivity contribution in [1.29, 1.82) is 0 Å². The molecule has 4 rings (SSSR count). The average molecular weight is 456 g/mol. The number of piperazine rings is 1. The molecule has 0 spiro atoms. The summed E-state index contributed by atoms with van der Waals surface area (Å²) in [5.41, 5.74) is 1.88. The van der Waals surface area contributed by atoms with Crippen LogP contribution in [-0.2, 0) is 4.79 Å². The molecule has 1 saturated heterocycles. The van der Waals surface area contributed by atoms with E-state index in [0.29, 0.717) is 48.1 Å². The molecule has 1 fully saturated rings. The largest absolute Gasteiger partial charge is 0.366 e. The van der Waals surface area contributed by atoms with Gasteiger partial charge in [0.15, 0.2) is 0 Å². The molecule has 32 heavy (non-hydrogen) atoms. The number of hydrogen-bond acceptors (Lipinski definition) is 6. The molecule has 0 aliphatic carbocycles. The monoisotopic (exact) mass is 455 g/mol. The molecule has 166 valence electrons. The Bertz CT molecular complexity index is 1110.